The van der Waals surface area contributed by atoms with Gasteiger partial charge < -0.3 is 5.32 Å². The molecule has 0 saturated heterocycles. The first-order valence-electron chi connectivity index (χ1n) is 12.6. The number of aryl methyl sites for hydroxylation is 4. The number of amides is 1. The van der Waals surface area contributed by atoms with E-state index in [9.17, 15) is 14.9 Å². The van der Waals surface area contributed by atoms with Gasteiger partial charge in [0.25, 0.3) is 5.56 Å². The van der Waals surface area contributed by atoms with Gasteiger partial charge in [0.05, 0.1) is 22.4 Å². The van der Waals surface area contributed by atoms with E-state index in [2.05, 4.69) is 11.4 Å². The van der Waals surface area contributed by atoms with Gasteiger partial charge in [0, 0.05) is 9.75 Å². The van der Waals surface area contributed by atoms with Crippen LogP contribution >= 0.6 is 34.4 Å². The normalized spacial score (nSPS) is 14.7. The van der Waals surface area contributed by atoms with Gasteiger partial charge in [-0.15, -0.1) is 22.7 Å². The van der Waals surface area contributed by atoms with Gasteiger partial charge in [0.15, 0.2) is 5.16 Å². The third-order valence-corrected chi connectivity index (χ3v) is 10.5. The van der Waals surface area contributed by atoms with E-state index in [-0.39, 0.29) is 17.2 Å². The SMILES string of the molecule is Cc1ccc(-n2c(SCC(=O)Nc3sc4c(c3C#N)CCCC4)nc3sc4c(c3c2=O)CCCC4)cc1. The van der Waals surface area contributed by atoms with E-state index in [1.54, 1.807) is 15.9 Å². The summed E-state index contributed by atoms with van der Waals surface area (Å²) in [6, 6.07) is 10.1. The molecular weight excluding hydrogens is 521 g/mol. The van der Waals surface area contributed by atoms with Crippen molar-refractivity contribution in [3.63, 3.8) is 0 Å². The molecule has 37 heavy (non-hydrogen) atoms. The van der Waals surface area contributed by atoms with Crippen LogP contribution in [0, 0.1) is 18.3 Å². The molecule has 6 rings (SSSR count). The number of nitriles is 1. The molecule has 0 radical (unpaired) electrons. The molecule has 3 aromatic heterocycles. The quantitative estimate of drug-likeness (QED) is 0.239. The van der Waals surface area contributed by atoms with E-state index in [0.29, 0.717) is 15.7 Å². The number of nitrogens with one attached hydrogen (secondary N) is 1. The number of benzene rings is 1. The largest absolute Gasteiger partial charge is 0.316 e. The summed E-state index contributed by atoms with van der Waals surface area (Å²) in [5.41, 5.74) is 4.67. The molecule has 9 heteroatoms. The third kappa shape index (κ3) is 4.52. The smallest absolute Gasteiger partial charge is 0.267 e. The van der Waals surface area contributed by atoms with Crippen molar-refractivity contribution >= 4 is 55.6 Å². The predicted molar refractivity (Wildman–Crippen MR) is 152 cm³/mol. The summed E-state index contributed by atoms with van der Waals surface area (Å²) in [5.74, 6) is -0.0992. The van der Waals surface area contributed by atoms with Crippen LogP contribution in [0.3, 0.4) is 0 Å². The van der Waals surface area contributed by atoms with E-state index in [1.165, 1.54) is 32.9 Å². The first-order chi connectivity index (χ1) is 18.0. The number of hydrogen-bond donors (Lipinski definition) is 1. The maximum absolute atomic E-state index is 13.9. The highest BCUT2D eigenvalue weighted by Gasteiger charge is 2.25. The summed E-state index contributed by atoms with van der Waals surface area (Å²) < 4.78 is 1.66. The highest BCUT2D eigenvalue weighted by atomic mass is 32.2. The summed E-state index contributed by atoms with van der Waals surface area (Å²) in [6.45, 7) is 2.02. The van der Waals surface area contributed by atoms with Crippen LogP contribution < -0.4 is 10.9 Å². The second-order valence-corrected chi connectivity index (χ2v) is 12.8. The zero-order chi connectivity index (χ0) is 25.5. The monoisotopic (exact) mass is 546 g/mol. The Bertz CT molecular complexity index is 1620. The molecule has 1 N–H and O–H groups in total. The van der Waals surface area contributed by atoms with Gasteiger partial charge in [0.2, 0.25) is 5.91 Å². The van der Waals surface area contributed by atoms with Gasteiger partial charge in [0.1, 0.15) is 15.9 Å². The molecule has 6 nitrogen and oxygen atoms in total. The fraction of sp³-hybridized carbons (Fsp3) is 0.357. The molecule has 2 aliphatic carbocycles. The van der Waals surface area contributed by atoms with Crippen molar-refractivity contribution in [3.05, 3.63) is 66.6 Å². The van der Waals surface area contributed by atoms with E-state index in [4.69, 9.17) is 4.98 Å². The van der Waals surface area contributed by atoms with Crippen LogP contribution in [0.15, 0.2) is 34.2 Å². The standard InChI is InChI=1S/C28H26N4O2S3/c1-16-10-12-17(13-11-16)32-27(34)24-19-7-3-5-9-22(19)37-26(24)31-28(32)35-15-23(33)30-25-20(14-29)18-6-2-4-8-21(18)36-25/h10-13H,2-9,15H2,1H3,(H,30,33). The second-order valence-electron chi connectivity index (χ2n) is 9.63. The lowest BCUT2D eigenvalue weighted by Gasteiger charge is -2.14. The molecule has 1 amide bonds. The van der Waals surface area contributed by atoms with Crippen molar-refractivity contribution < 1.29 is 4.79 Å². The molecule has 1 aromatic carbocycles. The summed E-state index contributed by atoms with van der Waals surface area (Å²) in [7, 11) is 0. The number of thioether (sulfide) groups is 1. The van der Waals surface area contributed by atoms with E-state index in [0.717, 1.165) is 84.0 Å². The van der Waals surface area contributed by atoms with E-state index in [1.807, 2.05) is 31.2 Å². The minimum atomic E-state index is -0.199. The van der Waals surface area contributed by atoms with Crippen LogP contribution in [-0.4, -0.2) is 21.2 Å². The molecule has 0 unspecified atom stereocenters. The number of carbonyl (C=O) groups is 1. The minimum Gasteiger partial charge on any atom is -0.316 e. The summed E-state index contributed by atoms with van der Waals surface area (Å²) >= 11 is 4.41. The van der Waals surface area contributed by atoms with Gasteiger partial charge in [-0.2, -0.15) is 5.26 Å². The van der Waals surface area contributed by atoms with Crippen LogP contribution in [-0.2, 0) is 30.5 Å². The molecule has 4 aromatic rings. The van der Waals surface area contributed by atoms with Crippen LogP contribution in [0.4, 0.5) is 5.00 Å². The predicted octanol–water partition coefficient (Wildman–Crippen LogP) is 6.18. The summed E-state index contributed by atoms with van der Waals surface area (Å²) in [5, 5.41) is 14.6. The number of aromatic nitrogens is 2. The lowest BCUT2D eigenvalue weighted by molar-refractivity contribution is -0.113. The Balaban J connectivity index is 1.33. The Morgan fingerprint density at radius 1 is 1.05 bits per heavy atom. The van der Waals surface area contributed by atoms with Gasteiger partial charge in [-0.25, -0.2) is 4.98 Å². The average Bonchev–Trinajstić information content (AvgIpc) is 3.45. The lowest BCUT2D eigenvalue weighted by Crippen LogP contribution is -2.23. The maximum atomic E-state index is 13.9. The van der Waals surface area contributed by atoms with Gasteiger partial charge in [-0.1, -0.05) is 29.5 Å². The molecule has 3 heterocycles. The van der Waals surface area contributed by atoms with Crippen LogP contribution in [0.1, 0.15) is 57.7 Å². The number of fused-ring (bicyclic) bond motifs is 4. The molecule has 0 fully saturated rings. The van der Waals surface area contributed by atoms with Crippen molar-refractivity contribution in [1.82, 2.24) is 9.55 Å². The Labute approximate surface area is 227 Å². The van der Waals surface area contributed by atoms with Gasteiger partial charge >= 0.3 is 0 Å². The molecule has 0 spiro atoms. The fourth-order valence-corrected chi connectivity index (χ4v) is 8.64. The summed E-state index contributed by atoms with van der Waals surface area (Å²) in [6.07, 6.45) is 8.23. The number of hydrogen-bond acceptors (Lipinski definition) is 7. The molecule has 0 bridgehead atoms. The second kappa shape index (κ2) is 10.1. The summed E-state index contributed by atoms with van der Waals surface area (Å²) in [4.78, 5) is 35.1. The number of thiophene rings is 2. The Kier molecular flexibility index (Phi) is 6.65. The Morgan fingerprint density at radius 3 is 2.46 bits per heavy atom. The Hall–Kier alpha value is -2.93. The van der Waals surface area contributed by atoms with Crippen molar-refractivity contribution in [3.8, 4) is 11.8 Å². The maximum Gasteiger partial charge on any atom is 0.267 e. The number of carbonyl (C=O) groups excluding carboxylic acids is 1. The lowest BCUT2D eigenvalue weighted by atomic mass is 9.96. The van der Waals surface area contributed by atoms with Crippen molar-refractivity contribution in [1.29, 1.82) is 5.26 Å². The number of nitrogens with zero attached hydrogens (tertiary/aromatic N) is 3. The zero-order valence-electron chi connectivity index (χ0n) is 20.6. The van der Waals surface area contributed by atoms with E-state index < -0.39 is 0 Å². The minimum absolute atomic E-state index is 0.0612. The first kappa shape index (κ1) is 24.4. The zero-order valence-corrected chi connectivity index (χ0v) is 23.0. The van der Waals surface area contributed by atoms with E-state index >= 15 is 0 Å². The van der Waals surface area contributed by atoms with Crippen LogP contribution in [0.25, 0.3) is 15.9 Å². The number of anilines is 1. The molecule has 0 saturated carbocycles. The van der Waals surface area contributed by atoms with Gasteiger partial charge in [-0.3, -0.25) is 14.2 Å². The highest BCUT2D eigenvalue weighted by molar-refractivity contribution is 7.99. The molecule has 0 atom stereocenters. The highest BCUT2D eigenvalue weighted by Crippen LogP contribution is 2.38. The fourth-order valence-electron chi connectivity index (χ4n) is 5.27. The van der Waals surface area contributed by atoms with Crippen LogP contribution in [0.5, 0.6) is 0 Å². The van der Waals surface area contributed by atoms with Crippen molar-refractivity contribution in [2.24, 2.45) is 0 Å². The third-order valence-electron chi connectivity index (χ3n) is 7.12. The molecule has 188 valence electrons. The molecular formula is C28H26N4O2S3. The molecule has 2 aliphatic rings. The van der Waals surface area contributed by atoms with Gasteiger partial charge in [-0.05, 0) is 81.5 Å². The molecule has 0 aliphatic heterocycles. The Morgan fingerprint density at radius 2 is 1.73 bits per heavy atom. The first-order valence-corrected chi connectivity index (χ1v) is 15.3. The number of rotatable bonds is 5. The van der Waals surface area contributed by atoms with Crippen LogP contribution in [0.2, 0.25) is 0 Å². The van der Waals surface area contributed by atoms with Crippen molar-refractivity contribution in [2.75, 3.05) is 11.1 Å². The van der Waals surface area contributed by atoms with Crippen molar-refractivity contribution in [2.45, 2.75) is 63.4 Å². The average molecular weight is 547 g/mol. The topological polar surface area (TPSA) is 87.8 Å².